The number of nitrogens with zero attached hydrogens (tertiary/aromatic N) is 2. The molecule has 1 aromatic heterocycles. The van der Waals surface area contributed by atoms with Gasteiger partial charge in [0.15, 0.2) is 5.82 Å². The van der Waals surface area contributed by atoms with Gasteiger partial charge in [-0.25, -0.2) is 0 Å². The number of aryl methyl sites for hydroxylation is 1. The van der Waals surface area contributed by atoms with Crippen molar-refractivity contribution in [2.75, 3.05) is 24.9 Å². The lowest BCUT2D eigenvalue weighted by Crippen LogP contribution is -2.43. The van der Waals surface area contributed by atoms with Gasteiger partial charge in [-0.15, -0.1) is 0 Å². The van der Waals surface area contributed by atoms with Crippen LogP contribution in [-0.2, 0) is 26.2 Å². The fourth-order valence-electron chi connectivity index (χ4n) is 2.29. The third kappa shape index (κ3) is 3.73. The fourth-order valence-corrected chi connectivity index (χ4v) is 3.48. The Morgan fingerprint density at radius 1 is 1.52 bits per heavy atom. The molecular weight excluding hydrogens is 296 g/mol. The van der Waals surface area contributed by atoms with E-state index in [1.54, 1.807) is 6.07 Å². The van der Waals surface area contributed by atoms with E-state index in [2.05, 4.69) is 19.7 Å². The molecule has 0 unspecified atom stereocenters. The summed E-state index contributed by atoms with van der Waals surface area (Å²) in [6.45, 7) is 2.53. The molecule has 21 heavy (non-hydrogen) atoms. The van der Waals surface area contributed by atoms with Gasteiger partial charge in [0.2, 0.25) is 0 Å². The number of carbonyl (C=O) groups excluding carboxylic acids is 1. The maximum absolute atomic E-state index is 12.2. The summed E-state index contributed by atoms with van der Waals surface area (Å²) in [7, 11) is -2.30. The van der Waals surface area contributed by atoms with E-state index in [4.69, 9.17) is 0 Å². The minimum absolute atomic E-state index is 0.224. The minimum Gasteiger partial charge on any atom is -0.469 e. The highest BCUT2D eigenvalue weighted by molar-refractivity contribution is 7.90. The van der Waals surface area contributed by atoms with Crippen molar-refractivity contribution in [2.24, 2.45) is 5.92 Å². The molecule has 1 fully saturated rings. The zero-order valence-electron chi connectivity index (χ0n) is 12.1. The quantitative estimate of drug-likeness (QED) is 0.770. The van der Waals surface area contributed by atoms with E-state index in [1.165, 1.54) is 11.4 Å². The first-order valence-corrected chi connectivity index (χ1v) is 8.30. The maximum Gasteiger partial charge on any atom is 0.308 e. The zero-order valence-corrected chi connectivity index (χ0v) is 12.9. The van der Waals surface area contributed by atoms with Crippen LogP contribution in [0.4, 0.5) is 5.82 Å². The number of carbonyl (C=O) groups is 1. The standard InChI is InChI=1S/C12H20N4O4S/c1-3-10-8-11(14-13-10)15-21(18,19)16-6-4-9(5-7-16)12(17)20-2/h8-9H,3-7H2,1-2H3,(H2,13,14,15). The van der Waals surface area contributed by atoms with Crippen LogP contribution in [0.25, 0.3) is 0 Å². The van der Waals surface area contributed by atoms with E-state index in [0.717, 1.165) is 12.1 Å². The summed E-state index contributed by atoms with van der Waals surface area (Å²) in [5.41, 5.74) is 0.858. The van der Waals surface area contributed by atoms with Crippen molar-refractivity contribution in [3.63, 3.8) is 0 Å². The Labute approximate surface area is 124 Å². The fraction of sp³-hybridized carbons (Fsp3) is 0.667. The normalized spacial score (nSPS) is 17.6. The Balaban J connectivity index is 1.96. The second kappa shape index (κ2) is 6.44. The summed E-state index contributed by atoms with van der Waals surface area (Å²) in [5, 5.41) is 6.66. The molecule has 1 aromatic rings. The third-order valence-electron chi connectivity index (χ3n) is 3.57. The van der Waals surface area contributed by atoms with E-state index in [0.29, 0.717) is 25.9 Å². The number of piperidine rings is 1. The molecule has 1 aliphatic rings. The first-order valence-electron chi connectivity index (χ1n) is 6.86. The number of hydrogen-bond acceptors (Lipinski definition) is 5. The molecule has 0 aliphatic carbocycles. The largest absolute Gasteiger partial charge is 0.469 e. The lowest BCUT2D eigenvalue weighted by molar-refractivity contribution is -0.146. The average Bonchev–Trinajstić information content (AvgIpc) is 2.93. The van der Waals surface area contributed by atoms with E-state index in [1.807, 2.05) is 6.92 Å². The second-order valence-corrected chi connectivity index (χ2v) is 6.61. The highest BCUT2D eigenvalue weighted by atomic mass is 32.2. The van der Waals surface area contributed by atoms with Crippen LogP contribution >= 0.6 is 0 Å². The smallest absolute Gasteiger partial charge is 0.308 e. The Kier molecular flexibility index (Phi) is 4.84. The number of H-pyrrole nitrogens is 1. The lowest BCUT2D eigenvalue weighted by atomic mass is 9.99. The predicted molar refractivity (Wildman–Crippen MR) is 76.8 cm³/mol. The van der Waals surface area contributed by atoms with Crippen LogP contribution in [0.5, 0.6) is 0 Å². The highest BCUT2D eigenvalue weighted by Crippen LogP contribution is 2.21. The van der Waals surface area contributed by atoms with Crippen LogP contribution in [0.1, 0.15) is 25.5 Å². The van der Waals surface area contributed by atoms with Gasteiger partial charge >= 0.3 is 16.2 Å². The summed E-state index contributed by atoms with van der Waals surface area (Å²) in [6.07, 6.45) is 1.68. The zero-order chi connectivity index (χ0) is 15.5. The van der Waals surface area contributed by atoms with Gasteiger partial charge in [0.25, 0.3) is 0 Å². The summed E-state index contributed by atoms with van der Waals surface area (Å²) in [5.74, 6) is -0.222. The number of esters is 1. The number of nitrogens with one attached hydrogen (secondary N) is 2. The lowest BCUT2D eigenvalue weighted by Gasteiger charge is -2.29. The van der Waals surface area contributed by atoms with E-state index in [-0.39, 0.29) is 17.7 Å². The molecule has 0 aromatic carbocycles. The molecule has 0 bridgehead atoms. The maximum atomic E-state index is 12.2. The monoisotopic (exact) mass is 316 g/mol. The van der Waals surface area contributed by atoms with Gasteiger partial charge in [-0.1, -0.05) is 6.92 Å². The van der Waals surface area contributed by atoms with Crippen molar-refractivity contribution < 1.29 is 17.9 Å². The molecule has 0 saturated carbocycles. The Hall–Kier alpha value is -1.61. The van der Waals surface area contributed by atoms with Crippen molar-refractivity contribution in [1.29, 1.82) is 0 Å². The van der Waals surface area contributed by atoms with Gasteiger partial charge in [-0.2, -0.15) is 17.8 Å². The molecule has 2 rings (SSSR count). The predicted octanol–water partition coefficient (Wildman–Crippen LogP) is 0.514. The Morgan fingerprint density at radius 2 is 2.19 bits per heavy atom. The topological polar surface area (TPSA) is 104 Å². The molecule has 2 N–H and O–H groups in total. The van der Waals surface area contributed by atoms with Crippen molar-refractivity contribution in [2.45, 2.75) is 26.2 Å². The second-order valence-electron chi connectivity index (χ2n) is 4.94. The van der Waals surface area contributed by atoms with Crippen LogP contribution in [0, 0.1) is 5.92 Å². The number of rotatable bonds is 5. The van der Waals surface area contributed by atoms with Gasteiger partial charge in [0.1, 0.15) is 0 Å². The van der Waals surface area contributed by atoms with Crippen LogP contribution in [-0.4, -0.2) is 49.1 Å². The van der Waals surface area contributed by atoms with Crippen LogP contribution in [0.3, 0.4) is 0 Å². The summed E-state index contributed by atoms with van der Waals surface area (Å²) < 4.78 is 32.9. The summed E-state index contributed by atoms with van der Waals surface area (Å²) in [4.78, 5) is 11.4. The van der Waals surface area contributed by atoms with Crippen molar-refractivity contribution >= 4 is 22.0 Å². The number of hydrogen-bond donors (Lipinski definition) is 2. The molecule has 2 heterocycles. The van der Waals surface area contributed by atoms with Crippen LogP contribution < -0.4 is 4.72 Å². The number of methoxy groups -OCH3 is 1. The first-order chi connectivity index (χ1) is 9.96. The van der Waals surface area contributed by atoms with Crippen molar-refractivity contribution in [1.82, 2.24) is 14.5 Å². The van der Waals surface area contributed by atoms with Crippen LogP contribution in [0.15, 0.2) is 6.07 Å². The molecule has 0 spiro atoms. The molecule has 0 amide bonds. The molecule has 1 saturated heterocycles. The number of aromatic amines is 1. The SMILES string of the molecule is CCc1cc(NS(=O)(=O)N2CCC(C(=O)OC)CC2)n[nH]1. The summed E-state index contributed by atoms with van der Waals surface area (Å²) >= 11 is 0. The molecule has 9 heteroatoms. The van der Waals surface area contributed by atoms with Gasteiger partial charge in [-0.05, 0) is 19.3 Å². The van der Waals surface area contributed by atoms with Crippen molar-refractivity contribution in [3.05, 3.63) is 11.8 Å². The van der Waals surface area contributed by atoms with E-state index in [9.17, 15) is 13.2 Å². The van der Waals surface area contributed by atoms with Gasteiger partial charge < -0.3 is 4.74 Å². The Morgan fingerprint density at radius 3 is 2.71 bits per heavy atom. The summed E-state index contributed by atoms with van der Waals surface area (Å²) in [6, 6.07) is 1.67. The molecule has 8 nitrogen and oxygen atoms in total. The average molecular weight is 316 g/mol. The molecule has 1 aliphatic heterocycles. The Bertz CT molecular complexity index is 590. The molecule has 0 radical (unpaired) electrons. The van der Waals surface area contributed by atoms with E-state index < -0.39 is 10.2 Å². The van der Waals surface area contributed by atoms with Gasteiger partial charge in [0.05, 0.1) is 13.0 Å². The molecule has 0 atom stereocenters. The number of ether oxygens (including phenoxy) is 1. The molecular formula is C12H20N4O4S. The van der Waals surface area contributed by atoms with Gasteiger partial charge in [0, 0.05) is 24.8 Å². The van der Waals surface area contributed by atoms with Crippen molar-refractivity contribution in [3.8, 4) is 0 Å². The van der Waals surface area contributed by atoms with Gasteiger partial charge in [-0.3, -0.25) is 14.6 Å². The highest BCUT2D eigenvalue weighted by Gasteiger charge is 2.31. The minimum atomic E-state index is -3.64. The van der Waals surface area contributed by atoms with E-state index >= 15 is 0 Å². The first kappa shape index (κ1) is 15.8. The number of anilines is 1. The third-order valence-corrected chi connectivity index (χ3v) is 5.09. The number of aromatic nitrogens is 2. The van der Waals surface area contributed by atoms with Crippen LogP contribution in [0.2, 0.25) is 0 Å². The molecule has 118 valence electrons.